The average Bonchev–Trinajstić information content (AvgIpc) is 2.56. The van der Waals surface area contributed by atoms with Crippen LogP contribution < -0.4 is 16.8 Å². The maximum atomic E-state index is 13.0. The van der Waals surface area contributed by atoms with E-state index in [0.29, 0.717) is 24.0 Å². The van der Waals surface area contributed by atoms with Crippen LogP contribution in [0.2, 0.25) is 0 Å². The molecule has 3 amide bonds. The highest BCUT2D eigenvalue weighted by Crippen LogP contribution is 2.75. The average molecular weight is 385 g/mol. The van der Waals surface area contributed by atoms with Crippen LogP contribution in [0.5, 0.6) is 0 Å². The lowest BCUT2D eigenvalue weighted by Gasteiger charge is -2.73. The number of nitrogens with one attached hydrogen (secondary N) is 1. The van der Waals surface area contributed by atoms with Crippen molar-refractivity contribution in [2.24, 2.45) is 22.5 Å². The third kappa shape index (κ3) is 2.73. The first-order valence-corrected chi connectivity index (χ1v) is 9.80. The first-order valence-electron chi connectivity index (χ1n) is 9.80. The maximum Gasteiger partial charge on any atom is 0.313 e. The first kappa shape index (κ1) is 18.7. The van der Waals surface area contributed by atoms with Gasteiger partial charge in [-0.15, -0.1) is 0 Å². The van der Waals surface area contributed by atoms with Crippen molar-refractivity contribution in [1.29, 1.82) is 0 Å². The summed E-state index contributed by atoms with van der Waals surface area (Å²) in [5, 5.41) is 2.65. The highest BCUT2D eigenvalue weighted by molar-refractivity contribution is 6.39. The number of aryl methyl sites for hydroxylation is 1. The molecule has 4 fully saturated rings. The smallest absolute Gasteiger partial charge is 0.313 e. The molecular formula is C20H27N5O3. The summed E-state index contributed by atoms with van der Waals surface area (Å²) in [7, 11) is 0. The standard InChI is InChI=1S/C20H27N5O3/c1-11-3-4-14(19-8-20(9-19,10-19)18(22)28)25(7-11)17(27)16(26)24-13-5-12(2)15(21)23-6-13/h5-6,11,14H,3-4,7-10H2,1-2H3,(H2,21,23)(H2,22,28)(H,24,26)/t11-,14+,19?,20?/m1/s1. The summed E-state index contributed by atoms with van der Waals surface area (Å²) in [6.07, 6.45) is 5.53. The van der Waals surface area contributed by atoms with Crippen LogP contribution in [-0.4, -0.2) is 40.2 Å². The number of carbonyl (C=O) groups excluding carboxylic acids is 3. The van der Waals surface area contributed by atoms with E-state index in [4.69, 9.17) is 11.5 Å². The number of nitrogens with zero attached hydrogens (tertiary/aromatic N) is 2. The van der Waals surface area contributed by atoms with E-state index in [1.165, 1.54) is 6.20 Å². The largest absolute Gasteiger partial charge is 0.383 e. The fourth-order valence-corrected chi connectivity index (χ4v) is 5.46. The summed E-state index contributed by atoms with van der Waals surface area (Å²) < 4.78 is 0. The second-order valence-electron chi connectivity index (χ2n) is 9.07. The van der Waals surface area contributed by atoms with E-state index in [-0.39, 0.29) is 22.8 Å². The van der Waals surface area contributed by atoms with Crippen molar-refractivity contribution in [3.8, 4) is 0 Å². The van der Waals surface area contributed by atoms with Gasteiger partial charge in [0, 0.05) is 12.6 Å². The van der Waals surface area contributed by atoms with Crippen LogP contribution in [0.25, 0.3) is 0 Å². The molecule has 1 saturated heterocycles. The molecule has 28 heavy (non-hydrogen) atoms. The van der Waals surface area contributed by atoms with Crippen LogP contribution in [-0.2, 0) is 14.4 Å². The van der Waals surface area contributed by atoms with E-state index in [2.05, 4.69) is 17.2 Å². The molecule has 150 valence electrons. The molecule has 4 aliphatic rings. The number of piperidine rings is 1. The SMILES string of the molecule is Cc1cc(NC(=O)C(=O)N2C[C@H](C)CC[C@H]2C23CC(C(N)=O)(C2)C3)cnc1N. The number of hydrogen-bond donors (Lipinski definition) is 3. The van der Waals surface area contributed by atoms with E-state index in [1.54, 1.807) is 17.9 Å². The summed E-state index contributed by atoms with van der Waals surface area (Å²) in [4.78, 5) is 43.1. The second-order valence-corrected chi connectivity index (χ2v) is 9.07. The van der Waals surface area contributed by atoms with Crippen molar-refractivity contribution in [1.82, 2.24) is 9.88 Å². The number of nitrogen functional groups attached to an aromatic ring is 1. The van der Waals surface area contributed by atoms with Gasteiger partial charge in [0.1, 0.15) is 5.82 Å². The molecule has 1 aromatic rings. The predicted molar refractivity (Wildman–Crippen MR) is 104 cm³/mol. The number of amides is 3. The van der Waals surface area contributed by atoms with E-state index >= 15 is 0 Å². The molecule has 3 aliphatic carbocycles. The van der Waals surface area contributed by atoms with Crippen molar-refractivity contribution < 1.29 is 14.4 Å². The number of likely N-dealkylation sites (tertiary alicyclic amines) is 1. The number of hydrogen-bond acceptors (Lipinski definition) is 5. The zero-order chi connectivity index (χ0) is 20.3. The molecular weight excluding hydrogens is 358 g/mol. The third-order valence-electron chi connectivity index (χ3n) is 6.95. The molecule has 0 aromatic carbocycles. The maximum absolute atomic E-state index is 13.0. The Labute approximate surface area is 164 Å². The fraction of sp³-hybridized carbons (Fsp3) is 0.600. The summed E-state index contributed by atoms with van der Waals surface area (Å²) >= 11 is 0. The second kappa shape index (κ2) is 6.18. The molecule has 0 radical (unpaired) electrons. The topological polar surface area (TPSA) is 131 Å². The molecule has 5 rings (SSSR count). The van der Waals surface area contributed by atoms with Crippen LogP contribution in [0.1, 0.15) is 44.6 Å². The van der Waals surface area contributed by atoms with Crippen LogP contribution >= 0.6 is 0 Å². The van der Waals surface area contributed by atoms with Gasteiger partial charge in [0.2, 0.25) is 5.91 Å². The van der Waals surface area contributed by atoms with Crippen LogP contribution in [0.15, 0.2) is 12.3 Å². The van der Waals surface area contributed by atoms with E-state index in [9.17, 15) is 14.4 Å². The molecule has 8 heteroatoms. The number of nitrogens with two attached hydrogens (primary N) is 2. The van der Waals surface area contributed by atoms with E-state index in [1.807, 2.05) is 0 Å². The van der Waals surface area contributed by atoms with E-state index < -0.39 is 11.8 Å². The lowest BCUT2D eigenvalue weighted by atomic mass is 9.32. The van der Waals surface area contributed by atoms with Gasteiger partial charge in [0.25, 0.3) is 0 Å². The quantitative estimate of drug-likeness (QED) is 0.673. The van der Waals surface area contributed by atoms with Gasteiger partial charge >= 0.3 is 11.8 Å². The van der Waals surface area contributed by atoms with Gasteiger partial charge in [-0.25, -0.2) is 4.98 Å². The first-order chi connectivity index (χ1) is 13.2. The number of carbonyl (C=O) groups is 3. The molecule has 0 unspecified atom stereocenters. The van der Waals surface area contributed by atoms with Gasteiger partial charge in [-0.3, -0.25) is 14.4 Å². The van der Waals surface area contributed by atoms with Crippen LogP contribution in [0.3, 0.4) is 0 Å². The fourth-order valence-electron chi connectivity index (χ4n) is 5.46. The molecule has 0 spiro atoms. The summed E-state index contributed by atoms with van der Waals surface area (Å²) in [5.41, 5.74) is 12.0. The lowest BCUT2D eigenvalue weighted by molar-refractivity contribution is -0.235. The lowest BCUT2D eigenvalue weighted by Crippen LogP contribution is -2.74. The molecule has 2 bridgehead atoms. The van der Waals surface area contributed by atoms with Gasteiger partial charge in [-0.05, 0) is 62.0 Å². The molecule has 3 saturated carbocycles. The number of pyridine rings is 1. The molecule has 1 aliphatic heterocycles. The molecule has 5 N–H and O–H groups in total. The number of rotatable bonds is 3. The van der Waals surface area contributed by atoms with Crippen LogP contribution in [0.4, 0.5) is 11.5 Å². The summed E-state index contributed by atoms with van der Waals surface area (Å²) in [6, 6.07) is 1.69. The molecule has 8 nitrogen and oxygen atoms in total. The summed E-state index contributed by atoms with van der Waals surface area (Å²) in [5.74, 6) is -0.697. The number of primary amides is 1. The molecule has 1 aromatic heterocycles. The van der Waals surface area contributed by atoms with Gasteiger partial charge in [0.05, 0.1) is 17.3 Å². The van der Waals surface area contributed by atoms with Crippen molar-refractivity contribution in [2.75, 3.05) is 17.6 Å². The van der Waals surface area contributed by atoms with Gasteiger partial charge in [0.15, 0.2) is 0 Å². The monoisotopic (exact) mass is 385 g/mol. The Balaban J connectivity index is 1.48. The highest BCUT2D eigenvalue weighted by atomic mass is 16.2. The van der Waals surface area contributed by atoms with Crippen molar-refractivity contribution in [3.63, 3.8) is 0 Å². The summed E-state index contributed by atoms with van der Waals surface area (Å²) in [6.45, 7) is 4.44. The Hall–Kier alpha value is -2.64. The zero-order valence-corrected chi connectivity index (χ0v) is 16.3. The van der Waals surface area contributed by atoms with E-state index in [0.717, 1.165) is 37.7 Å². The normalized spacial score (nSPS) is 33.4. The van der Waals surface area contributed by atoms with Crippen molar-refractivity contribution in [2.45, 2.75) is 52.0 Å². The van der Waals surface area contributed by atoms with Crippen molar-refractivity contribution >= 4 is 29.2 Å². The highest BCUT2D eigenvalue weighted by Gasteiger charge is 2.74. The van der Waals surface area contributed by atoms with Gasteiger partial charge < -0.3 is 21.7 Å². The minimum Gasteiger partial charge on any atom is -0.383 e. The van der Waals surface area contributed by atoms with Gasteiger partial charge in [-0.2, -0.15) is 0 Å². The Morgan fingerprint density at radius 2 is 1.93 bits per heavy atom. The Bertz CT molecular complexity index is 848. The Morgan fingerprint density at radius 1 is 1.25 bits per heavy atom. The minimum atomic E-state index is -0.665. The molecule has 2 atom stereocenters. The number of anilines is 2. The molecule has 2 heterocycles. The Morgan fingerprint density at radius 3 is 2.54 bits per heavy atom. The zero-order valence-electron chi connectivity index (χ0n) is 16.3. The minimum absolute atomic E-state index is 0.00514. The number of aromatic nitrogens is 1. The predicted octanol–water partition coefficient (Wildman–Crippen LogP) is 1.19. The third-order valence-corrected chi connectivity index (χ3v) is 6.95. The van der Waals surface area contributed by atoms with Gasteiger partial charge in [-0.1, -0.05) is 6.92 Å². The van der Waals surface area contributed by atoms with Crippen molar-refractivity contribution in [3.05, 3.63) is 17.8 Å². The van der Waals surface area contributed by atoms with Crippen LogP contribution in [0, 0.1) is 23.7 Å². The Kier molecular flexibility index (Phi) is 4.13.